The Bertz CT molecular complexity index is 489. The summed E-state index contributed by atoms with van der Waals surface area (Å²) in [6, 6.07) is 6.93. The van der Waals surface area contributed by atoms with Gasteiger partial charge in [-0.3, -0.25) is 9.80 Å². The fraction of sp³-hybridized carbons (Fsp3) is 0.647. The second kappa shape index (κ2) is 6.34. The second-order valence-corrected chi connectivity index (χ2v) is 6.59. The normalized spacial score (nSPS) is 24.2. The van der Waals surface area contributed by atoms with Crippen LogP contribution in [-0.4, -0.2) is 54.7 Å². The first kappa shape index (κ1) is 14.8. The van der Waals surface area contributed by atoms with Crippen LogP contribution < -0.4 is 5.73 Å². The molecule has 0 saturated carbocycles. The summed E-state index contributed by atoms with van der Waals surface area (Å²) < 4.78 is 5.96. The van der Waals surface area contributed by atoms with Crippen LogP contribution in [0.25, 0.3) is 0 Å². The fourth-order valence-corrected chi connectivity index (χ4v) is 3.40. The van der Waals surface area contributed by atoms with Gasteiger partial charge < -0.3 is 10.5 Å². The zero-order valence-corrected chi connectivity index (χ0v) is 13.2. The van der Waals surface area contributed by atoms with Crippen molar-refractivity contribution >= 4 is 5.69 Å². The molecule has 1 fully saturated rings. The molecular formula is C17H27N3O. The van der Waals surface area contributed by atoms with E-state index in [9.17, 15) is 0 Å². The van der Waals surface area contributed by atoms with Crippen molar-refractivity contribution in [3.8, 4) is 0 Å². The van der Waals surface area contributed by atoms with E-state index in [-0.39, 0.29) is 0 Å². The molecule has 21 heavy (non-hydrogen) atoms. The van der Waals surface area contributed by atoms with E-state index >= 15 is 0 Å². The zero-order chi connectivity index (χ0) is 14.8. The van der Waals surface area contributed by atoms with Gasteiger partial charge in [-0.2, -0.15) is 0 Å². The Hall–Kier alpha value is -1.10. The zero-order valence-electron chi connectivity index (χ0n) is 13.2. The van der Waals surface area contributed by atoms with Gasteiger partial charge in [0.05, 0.1) is 12.7 Å². The number of fused-ring (bicyclic) bond motifs is 1. The van der Waals surface area contributed by atoms with Gasteiger partial charge in [0.2, 0.25) is 0 Å². The van der Waals surface area contributed by atoms with Crippen molar-refractivity contribution in [3.63, 3.8) is 0 Å². The minimum absolute atomic E-state index is 0.337. The molecule has 116 valence electrons. The summed E-state index contributed by atoms with van der Waals surface area (Å²) in [6.07, 6.45) is 1.46. The summed E-state index contributed by atoms with van der Waals surface area (Å²) in [5.41, 5.74) is 9.62. The first-order chi connectivity index (χ1) is 10.1. The molecule has 0 aromatic heterocycles. The average Bonchev–Trinajstić information content (AvgIpc) is 2.47. The number of nitrogens with two attached hydrogens (primary N) is 1. The summed E-state index contributed by atoms with van der Waals surface area (Å²) in [4.78, 5) is 5.03. The Morgan fingerprint density at radius 1 is 1.29 bits per heavy atom. The summed E-state index contributed by atoms with van der Waals surface area (Å²) in [6.45, 7) is 10.7. The number of hydrogen-bond donors (Lipinski definition) is 1. The molecule has 0 spiro atoms. The molecule has 3 rings (SSSR count). The lowest BCUT2D eigenvalue weighted by atomic mass is 9.99. The molecule has 4 nitrogen and oxygen atoms in total. The maximum Gasteiger partial charge on any atom is 0.0829 e. The Morgan fingerprint density at radius 3 is 2.95 bits per heavy atom. The monoisotopic (exact) mass is 289 g/mol. The van der Waals surface area contributed by atoms with Crippen LogP contribution in [0.2, 0.25) is 0 Å². The molecule has 2 N–H and O–H groups in total. The van der Waals surface area contributed by atoms with Crippen LogP contribution >= 0.6 is 0 Å². The van der Waals surface area contributed by atoms with Crippen LogP contribution in [0, 0.1) is 0 Å². The van der Waals surface area contributed by atoms with Crippen LogP contribution in [0.5, 0.6) is 0 Å². The molecule has 0 bridgehead atoms. The first-order valence-electron chi connectivity index (χ1n) is 8.07. The minimum Gasteiger partial charge on any atom is -0.399 e. The molecule has 1 saturated heterocycles. The van der Waals surface area contributed by atoms with Gasteiger partial charge in [0.15, 0.2) is 0 Å². The predicted octanol–water partition coefficient (Wildman–Crippen LogP) is 1.74. The summed E-state index contributed by atoms with van der Waals surface area (Å²) >= 11 is 0. The molecule has 1 unspecified atom stereocenters. The van der Waals surface area contributed by atoms with Crippen LogP contribution in [0.1, 0.15) is 25.0 Å². The SMILES string of the molecule is CC(C)N1CCOC(CN2CCc3ccc(N)cc3C2)C1. The third-order valence-corrected chi connectivity index (χ3v) is 4.68. The molecule has 2 aliphatic heterocycles. The molecule has 1 aromatic rings. The standard InChI is InChI=1S/C17H27N3O/c1-13(2)20-7-8-21-17(12-20)11-19-6-5-14-3-4-16(18)9-15(14)10-19/h3-4,9,13,17H,5-8,10-12,18H2,1-2H3. The van der Waals surface area contributed by atoms with E-state index in [1.54, 1.807) is 0 Å². The Morgan fingerprint density at radius 2 is 2.14 bits per heavy atom. The van der Waals surface area contributed by atoms with Crippen LogP contribution in [0.4, 0.5) is 5.69 Å². The van der Waals surface area contributed by atoms with Gasteiger partial charge >= 0.3 is 0 Å². The highest BCUT2D eigenvalue weighted by molar-refractivity contribution is 5.45. The van der Waals surface area contributed by atoms with Crippen LogP contribution in [0.15, 0.2) is 18.2 Å². The number of rotatable bonds is 3. The van der Waals surface area contributed by atoms with Crippen molar-refractivity contribution in [1.29, 1.82) is 0 Å². The van der Waals surface area contributed by atoms with Crippen molar-refractivity contribution in [3.05, 3.63) is 29.3 Å². The fourth-order valence-electron chi connectivity index (χ4n) is 3.40. The van der Waals surface area contributed by atoms with Crippen molar-refractivity contribution < 1.29 is 4.74 Å². The van der Waals surface area contributed by atoms with Crippen molar-refractivity contribution in [2.75, 3.05) is 38.5 Å². The van der Waals surface area contributed by atoms with E-state index < -0.39 is 0 Å². The Labute approximate surface area is 127 Å². The van der Waals surface area contributed by atoms with Gasteiger partial charge in [0, 0.05) is 44.5 Å². The van der Waals surface area contributed by atoms with E-state index in [1.165, 1.54) is 11.1 Å². The predicted molar refractivity (Wildman–Crippen MR) is 86.3 cm³/mol. The van der Waals surface area contributed by atoms with E-state index in [1.807, 2.05) is 6.07 Å². The molecule has 1 aromatic carbocycles. The first-order valence-corrected chi connectivity index (χ1v) is 8.07. The number of hydrogen-bond acceptors (Lipinski definition) is 4. The molecule has 2 heterocycles. The van der Waals surface area contributed by atoms with E-state index in [2.05, 4.69) is 35.8 Å². The minimum atomic E-state index is 0.337. The molecular weight excluding hydrogens is 262 g/mol. The van der Waals surface area contributed by atoms with E-state index in [4.69, 9.17) is 10.5 Å². The highest BCUT2D eigenvalue weighted by atomic mass is 16.5. The van der Waals surface area contributed by atoms with Gasteiger partial charge in [-0.25, -0.2) is 0 Å². The smallest absolute Gasteiger partial charge is 0.0829 e. The quantitative estimate of drug-likeness (QED) is 0.861. The van der Waals surface area contributed by atoms with Crippen molar-refractivity contribution in [2.24, 2.45) is 0 Å². The highest BCUT2D eigenvalue weighted by Crippen LogP contribution is 2.22. The largest absolute Gasteiger partial charge is 0.399 e. The third-order valence-electron chi connectivity index (χ3n) is 4.68. The molecule has 0 aliphatic carbocycles. The summed E-state index contributed by atoms with van der Waals surface area (Å²) in [5.74, 6) is 0. The van der Waals surface area contributed by atoms with Gasteiger partial charge in [-0.1, -0.05) is 6.07 Å². The van der Waals surface area contributed by atoms with Gasteiger partial charge in [-0.05, 0) is 43.5 Å². The van der Waals surface area contributed by atoms with Crippen LogP contribution in [0.3, 0.4) is 0 Å². The highest BCUT2D eigenvalue weighted by Gasteiger charge is 2.25. The van der Waals surface area contributed by atoms with Gasteiger partial charge in [0.25, 0.3) is 0 Å². The maximum atomic E-state index is 5.96. The van der Waals surface area contributed by atoms with Gasteiger partial charge in [0.1, 0.15) is 0 Å². The van der Waals surface area contributed by atoms with E-state index in [0.29, 0.717) is 12.1 Å². The number of ether oxygens (including phenoxy) is 1. The number of morpholine rings is 1. The summed E-state index contributed by atoms with van der Waals surface area (Å²) in [7, 11) is 0. The molecule has 0 radical (unpaired) electrons. The second-order valence-electron chi connectivity index (χ2n) is 6.59. The summed E-state index contributed by atoms with van der Waals surface area (Å²) in [5, 5.41) is 0. The molecule has 2 aliphatic rings. The van der Waals surface area contributed by atoms with Crippen molar-refractivity contribution in [1.82, 2.24) is 9.80 Å². The number of nitrogen functional groups attached to an aromatic ring is 1. The van der Waals surface area contributed by atoms with Gasteiger partial charge in [-0.15, -0.1) is 0 Å². The molecule has 4 heteroatoms. The topological polar surface area (TPSA) is 41.7 Å². The lowest BCUT2D eigenvalue weighted by molar-refractivity contribution is -0.0535. The number of anilines is 1. The third kappa shape index (κ3) is 3.57. The van der Waals surface area contributed by atoms with Crippen LogP contribution in [-0.2, 0) is 17.7 Å². The Kier molecular flexibility index (Phi) is 4.48. The molecule has 1 atom stereocenters. The number of nitrogens with zero attached hydrogens (tertiary/aromatic N) is 2. The van der Waals surface area contributed by atoms with E-state index in [0.717, 1.165) is 51.4 Å². The lowest BCUT2D eigenvalue weighted by Crippen LogP contribution is -2.50. The van der Waals surface area contributed by atoms with Crippen molar-refractivity contribution in [2.45, 2.75) is 39.0 Å². The maximum absolute atomic E-state index is 5.96. The molecule has 0 amide bonds. The lowest BCUT2D eigenvalue weighted by Gasteiger charge is -2.38. The average molecular weight is 289 g/mol. The Balaban J connectivity index is 1.59. The number of benzene rings is 1.